The summed E-state index contributed by atoms with van der Waals surface area (Å²) in [4.78, 5) is 28.8. The topological polar surface area (TPSA) is 86.8 Å². The van der Waals surface area contributed by atoms with Crippen LogP contribution in [0.2, 0.25) is 10.0 Å². The molecule has 0 aromatic heterocycles. The molecule has 1 N–H and O–H groups in total. The van der Waals surface area contributed by atoms with Gasteiger partial charge in [0.05, 0.1) is 22.0 Å². The third-order valence-corrected chi connectivity index (χ3v) is 8.12. The quantitative estimate of drug-likeness (QED) is 0.262. The van der Waals surface area contributed by atoms with Gasteiger partial charge in [0.15, 0.2) is 0 Å². The van der Waals surface area contributed by atoms with Crippen molar-refractivity contribution in [3.05, 3.63) is 99.8 Å². The summed E-state index contributed by atoms with van der Waals surface area (Å²) in [6, 6.07) is 18.1. The van der Waals surface area contributed by atoms with Crippen LogP contribution in [0.1, 0.15) is 30.9 Å². The van der Waals surface area contributed by atoms with E-state index in [2.05, 4.69) is 5.32 Å². The summed E-state index contributed by atoms with van der Waals surface area (Å²) in [5.74, 6) is -1.43. The molecule has 3 aromatic carbocycles. The molecule has 0 aliphatic rings. The first-order valence-corrected chi connectivity index (χ1v) is 15.4. The molecule has 0 spiro atoms. The van der Waals surface area contributed by atoms with Gasteiger partial charge in [0.25, 0.3) is 0 Å². The third-order valence-electron chi connectivity index (χ3n) is 6.24. The van der Waals surface area contributed by atoms with Crippen LogP contribution in [0.25, 0.3) is 0 Å². The van der Waals surface area contributed by atoms with Crippen LogP contribution >= 0.6 is 23.2 Å². The Bertz CT molecular complexity index is 1410. The lowest BCUT2D eigenvalue weighted by molar-refractivity contribution is -0.140. The monoisotopic (exact) mass is 607 g/mol. The van der Waals surface area contributed by atoms with Gasteiger partial charge in [-0.05, 0) is 47.9 Å². The van der Waals surface area contributed by atoms with Gasteiger partial charge < -0.3 is 10.2 Å². The van der Waals surface area contributed by atoms with Crippen LogP contribution in [0.15, 0.2) is 72.8 Å². The van der Waals surface area contributed by atoms with Gasteiger partial charge in [0, 0.05) is 19.5 Å². The fourth-order valence-corrected chi connectivity index (χ4v) is 5.23. The second kappa shape index (κ2) is 14.5. The summed E-state index contributed by atoms with van der Waals surface area (Å²) in [6.07, 6.45) is 2.80. The number of carbonyl (C=O) groups is 2. The normalized spacial score (nSPS) is 12.0. The van der Waals surface area contributed by atoms with E-state index in [4.69, 9.17) is 23.2 Å². The highest BCUT2D eigenvalue weighted by Crippen LogP contribution is 2.29. The highest BCUT2D eigenvalue weighted by atomic mass is 35.5. The maximum absolute atomic E-state index is 14.0. The number of hydrogen-bond acceptors (Lipinski definition) is 4. The third kappa shape index (κ3) is 8.94. The van der Waals surface area contributed by atoms with Gasteiger partial charge in [-0.25, -0.2) is 12.8 Å². The molecule has 0 aliphatic carbocycles. The Labute approximate surface area is 244 Å². The van der Waals surface area contributed by atoms with Crippen molar-refractivity contribution in [2.45, 2.75) is 38.8 Å². The second-order valence-corrected chi connectivity index (χ2v) is 12.1. The van der Waals surface area contributed by atoms with Gasteiger partial charge in [-0.1, -0.05) is 79.0 Å². The van der Waals surface area contributed by atoms with Crippen LogP contribution in [-0.2, 0) is 32.6 Å². The molecule has 0 fully saturated rings. The van der Waals surface area contributed by atoms with Crippen LogP contribution in [-0.4, -0.2) is 50.5 Å². The van der Waals surface area contributed by atoms with E-state index in [0.29, 0.717) is 12.1 Å². The van der Waals surface area contributed by atoms with Gasteiger partial charge in [0.2, 0.25) is 21.8 Å². The van der Waals surface area contributed by atoms with Crippen molar-refractivity contribution in [1.82, 2.24) is 10.2 Å². The Kier molecular flexibility index (Phi) is 11.4. The summed E-state index contributed by atoms with van der Waals surface area (Å²) in [5.41, 5.74) is 1.55. The predicted octanol–water partition coefficient (Wildman–Crippen LogP) is 5.45. The molecule has 0 unspecified atom stereocenters. The van der Waals surface area contributed by atoms with Crippen molar-refractivity contribution >= 4 is 50.7 Å². The van der Waals surface area contributed by atoms with Gasteiger partial charge in [-0.3, -0.25) is 13.9 Å². The minimum atomic E-state index is -3.94. The fourth-order valence-electron chi connectivity index (χ4n) is 4.10. The number of amides is 2. The Morgan fingerprint density at radius 2 is 1.62 bits per heavy atom. The van der Waals surface area contributed by atoms with Crippen LogP contribution < -0.4 is 9.62 Å². The molecule has 0 radical (unpaired) electrons. The number of anilines is 1. The second-order valence-electron chi connectivity index (χ2n) is 9.37. The number of halogens is 3. The van der Waals surface area contributed by atoms with Gasteiger partial charge in [-0.2, -0.15) is 0 Å². The number of nitrogens with zero attached hydrogens (tertiary/aromatic N) is 2. The average Bonchev–Trinajstić information content (AvgIpc) is 2.92. The van der Waals surface area contributed by atoms with Gasteiger partial charge in [0.1, 0.15) is 18.4 Å². The van der Waals surface area contributed by atoms with Crippen LogP contribution in [0, 0.1) is 5.82 Å². The molecule has 214 valence electrons. The number of benzene rings is 3. The summed E-state index contributed by atoms with van der Waals surface area (Å²) in [7, 11) is -3.94. The minimum absolute atomic E-state index is 0.0449. The highest BCUT2D eigenvalue weighted by Gasteiger charge is 2.33. The number of carbonyl (C=O) groups excluding carboxylic acids is 2. The maximum Gasteiger partial charge on any atom is 0.244 e. The molecular formula is C29H32Cl2FN3O4S. The SMILES string of the molecule is CCCCNC(=O)[C@@H](Cc1ccccc1)N(Cc1ccc(F)cc1)C(=O)CN(c1ccc(Cl)c(Cl)c1)S(C)(=O)=O. The Morgan fingerprint density at radius 3 is 2.23 bits per heavy atom. The molecule has 0 bridgehead atoms. The van der Waals surface area contributed by atoms with E-state index in [1.807, 2.05) is 37.3 Å². The van der Waals surface area contributed by atoms with E-state index in [9.17, 15) is 22.4 Å². The summed E-state index contributed by atoms with van der Waals surface area (Å²) < 4.78 is 40.2. The van der Waals surface area contributed by atoms with E-state index in [1.165, 1.54) is 47.4 Å². The lowest BCUT2D eigenvalue weighted by Crippen LogP contribution is -2.53. The molecular weight excluding hydrogens is 576 g/mol. The molecule has 2 amide bonds. The number of hydrogen-bond donors (Lipinski definition) is 1. The number of rotatable bonds is 13. The van der Waals surface area contributed by atoms with Crippen molar-refractivity contribution in [1.29, 1.82) is 0 Å². The minimum Gasteiger partial charge on any atom is -0.354 e. The Balaban J connectivity index is 2.03. The summed E-state index contributed by atoms with van der Waals surface area (Å²) >= 11 is 12.2. The van der Waals surface area contributed by atoms with E-state index in [0.717, 1.165) is 29.0 Å². The smallest absolute Gasteiger partial charge is 0.244 e. The maximum atomic E-state index is 14.0. The van der Waals surface area contributed by atoms with E-state index in [1.54, 1.807) is 0 Å². The first kappa shape index (κ1) is 31.4. The van der Waals surface area contributed by atoms with E-state index in [-0.39, 0.29) is 34.6 Å². The zero-order valence-corrected chi connectivity index (χ0v) is 24.6. The lowest BCUT2D eigenvalue weighted by atomic mass is 10.0. The summed E-state index contributed by atoms with van der Waals surface area (Å²) in [6.45, 7) is 1.79. The molecule has 0 saturated heterocycles. The van der Waals surface area contributed by atoms with Crippen molar-refractivity contribution in [2.75, 3.05) is 23.7 Å². The van der Waals surface area contributed by atoms with Crippen LogP contribution in [0.5, 0.6) is 0 Å². The van der Waals surface area contributed by atoms with E-state index >= 15 is 0 Å². The zero-order valence-electron chi connectivity index (χ0n) is 22.3. The molecule has 40 heavy (non-hydrogen) atoms. The Hall–Kier alpha value is -3.14. The largest absolute Gasteiger partial charge is 0.354 e. The average molecular weight is 609 g/mol. The highest BCUT2D eigenvalue weighted by molar-refractivity contribution is 7.92. The van der Waals surface area contributed by atoms with Crippen molar-refractivity contribution < 1.29 is 22.4 Å². The molecule has 7 nitrogen and oxygen atoms in total. The zero-order chi connectivity index (χ0) is 29.3. The molecule has 3 rings (SSSR count). The molecule has 3 aromatic rings. The molecule has 1 atom stereocenters. The molecule has 0 heterocycles. The first-order valence-electron chi connectivity index (χ1n) is 12.8. The molecule has 11 heteroatoms. The molecule has 0 aliphatic heterocycles. The van der Waals surface area contributed by atoms with Crippen LogP contribution in [0.3, 0.4) is 0 Å². The van der Waals surface area contributed by atoms with E-state index < -0.39 is 34.3 Å². The number of nitrogens with one attached hydrogen (secondary N) is 1. The van der Waals surface area contributed by atoms with Gasteiger partial charge >= 0.3 is 0 Å². The molecule has 0 saturated carbocycles. The van der Waals surface area contributed by atoms with Crippen molar-refractivity contribution in [3.8, 4) is 0 Å². The Morgan fingerprint density at radius 1 is 0.950 bits per heavy atom. The van der Waals surface area contributed by atoms with Crippen molar-refractivity contribution in [2.24, 2.45) is 0 Å². The fraction of sp³-hybridized carbons (Fsp3) is 0.310. The van der Waals surface area contributed by atoms with Gasteiger partial charge in [-0.15, -0.1) is 0 Å². The summed E-state index contributed by atoms with van der Waals surface area (Å²) in [5, 5.41) is 3.26. The predicted molar refractivity (Wildman–Crippen MR) is 157 cm³/mol. The van der Waals surface area contributed by atoms with Crippen molar-refractivity contribution in [3.63, 3.8) is 0 Å². The lowest BCUT2D eigenvalue weighted by Gasteiger charge is -2.33. The number of sulfonamides is 1. The first-order chi connectivity index (χ1) is 19.0. The van der Waals surface area contributed by atoms with Crippen LogP contribution in [0.4, 0.5) is 10.1 Å². The standard InChI is InChI=1S/C29H32Cl2FN3O4S/c1-3-4-16-33-29(37)27(17-21-8-6-5-7-9-21)34(19-22-10-12-23(32)13-11-22)28(36)20-35(40(2,38)39)24-14-15-25(30)26(31)18-24/h5-15,18,27H,3-4,16-17,19-20H2,1-2H3,(H,33,37)/t27-/m1/s1. The number of unbranched alkanes of at least 4 members (excludes halogenated alkanes) is 1.